The summed E-state index contributed by atoms with van der Waals surface area (Å²) in [5, 5.41) is 2.78. The Labute approximate surface area is 197 Å². The fraction of sp³-hybridized carbons (Fsp3) is 0.348. The molecule has 2 aromatic rings. The number of carbonyl (C=O) groups is 3. The number of fused-ring (bicyclic) bond motifs is 1. The molecule has 2 heterocycles. The van der Waals surface area contributed by atoms with Crippen LogP contribution in [0.3, 0.4) is 0 Å². The number of hydrogen-bond acceptors (Lipinski definition) is 6. The Morgan fingerprint density at radius 1 is 1.15 bits per heavy atom. The van der Waals surface area contributed by atoms with E-state index in [1.807, 2.05) is 0 Å². The van der Waals surface area contributed by atoms with Gasteiger partial charge >= 0.3 is 0 Å². The van der Waals surface area contributed by atoms with Gasteiger partial charge in [-0.05, 0) is 50.1 Å². The molecular formula is C23H26N4O6S. The van der Waals surface area contributed by atoms with Crippen LogP contribution < -0.4 is 20.7 Å². The van der Waals surface area contributed by atoms with E-state index in [-0.39, 0.29) is 28.5 Å². The molecule has 0 spiro atoms. The van der Waals surface area contributed by atoms with Crippen molar-refractivity contribution in [3.05, 3.63) is 48.0 Å². The highest BCUT2D eigenvalue weighted by atomic mass is 32.2. The summed E-state index contributed by atoms with van der Waals surface area (Å²) >= 11 is 0. The molecule has 34 heavy (non-hydrogen) atoms. The van der Waals surface area contributed by atoms with Crippen molar-refractivity contribution in [1.29, 1.82) is 0 Å². The minimum atomic E-state index is -3.75. The number of benzene rings is 2. The summed E-state index contributed by atoms with van der Waals surface area (Å²) in [6.07, 6.45) is 1.67. The van der Waals surface area contributed by atoms with E-state index in [1.165, 1.54) is 27.4 Å². The highest BCUT2D eigenvalue weighted by Crippen LogP contribution is 2.32. The summed E-state index contributed by atoms with van der Waals surface area (Å²) in [6.45, 7) is 2.17. The normalized spacial score (nSPS) is 18.7. The highest BCUT2D eigenvalue weighted by Gasteiger charge is 2.31. The molecule has 0 radical (unpaired) electrons. The second-order valence-electron chi connectivity index (χ2n) is 8.30. The van der Waals surface area contributed by atoms with E-state index in [1.54, 1.807) is 31.2 Å². The molecule has 4 rings (SSSR count). The van der Waals surface area contributed by atoms with Crippen LogP contribution in [0.5, 0.6) is 5.75 Å². The predicted molar refractivity (Wildman–Crippen MR) is 125 cm³/mol. The van der Waals surface area contributed by atoms with Gasteiger partial charge < -0.3 is 20.7 Å². The molecule has 180 valence electrons. The number of primary amides is 1. The van der Waals surface area contributed by atoms with Gasteiger partial charge in [-0.25, -0.2) is 8.42 Å². The van der Waals surface area contributed by atoms with Gasteiger partial charge in [0.2, 0.25) is 15.9 Å². The topological polar surface area (TPSA) is 139 Å². The number of ether oxygens (including phenoxy) is 1. The zero-order chi connectivity index (χ0) is 24.5. The second kappa shape index (κ2) is 9.43. The van der Waals surface area contributed by atoms with Crippen molar-refractivity contribution in [3.8, 4) is 5.75 Å². The van der Waals surface area contributed by atoms with Crippen LogP contribution in [-0.4, -0.2) is 56.2 Å². The minimum absolute atomic E-state index is 0.00573. The van der Waals surface area contributed by atoms with Crippen LogP contribution in [0.25, 0.3) is 0 Å². The molecule has 1 atom stereocenters. The lowest BCUT2D eigenvalue weighted by Crippen LogP contribution is -2.41. The summed E-state index contributed by atoms with van der Waals surface area (Å²) < 4.78 is 32.7. The Bertz CT molecular complexity index is 1240. The molecular weight excluding hydrogens is 460 g/mol. The fourth-order valence-electron chi connectivity index (χ4n) is 4.24. The largest absolute Gasteiger partial charge is 0.483 e. The third-order valence-corrected chi connectivity index (χ3v) is 7.79. The summed E-state index contributed by atoms with van der Waals surface area (Å²) in [5.41, 5.74) is 6.40. The summed E-state index contributed by atoms with van der Waals surface area (Å²) in [6, 6.07) is 10.4. The molecule has 2 aromatic carbocycles. The monoisotopic (exact) mass is 486 g/mol. The van der Waals surface area contributed by atoms with Gasteiger partial charge in [0.25, 0.3) is 11.8 Å². The van der Waals surface area contributed by atoms with E-state index < -0.39 is 34.5 Å². The van der Waals surface area contributed by atoms with Crippen LogP contribution in [0, 0.1) is 0 Å². The van der Waals surface area contributed by atoms with Gasteiger partial charge in [0, 0.05) is 25.6 Å². The molecule has 0 bridgehead atoms. The van der Waals surface area contributed by atoms with E-state index in [9.17, 15) is 22.8 Å². The quantitative estimate of drug-likeness (QED) is 0.637. The number of nitrogens with one attached hydrogen (secondary N) is 1. The Balaban J connectivity index is 1.57. The van der Waals surface area contributed by atoms with E-state index in [0.717, 1.165) is 12.8 Å². The average molecular weight is 487 g/mol. The molecule has 1 fully saturated rings. The molecule has 11 heteroatoms. The van der Waals surface area contributed by atoms with E-state index in [0.29, 0.717) is 24.5 Å². The van der Waals surface area contributed by atoms with Crippen LogP contribution in [0.2, 0.25) is 0 Å². The van der Waals surface area contributed by atoms with Crippen molar-refractivity contribution < 1.29 is 27.5 Å². The maximum absolute atomic E-state index is 13.1. The number of nitrogens with zero attached hydrogens (tertiary/aromatic N) is 2. The Morgan fingerprint density at radius 2 is 1.85 bits per heavy atom. The Morgan fingerprint density at radius 3 is 2.56 bits per heavy atom. The second-order valence-corrected chi connectivity index (χ2v) is 10.2. The Kier molecular flexibility index (Phi) is 6.58. The molecule has 1 saturated heterocycles. The molecule has 3 N–H and O–H groups in total. The number of hydrogen-bond donors (Lipinski definition) is 2. The molecule has 0 saturated carbocycles. The van der Waals surface area contributed by atoms with Gasteiger partial charge in [-0.2, -0.15) is 4.31 Å². The number of nitrogens with two attached hydrogens (primary N) is 1. The van der Waals surface area contributed by atoms with Gasteiger partial charge in [0.05, 0.1) is 21.8 Å². The first-order valence-electron chi connectivity index (χ1n) is 11.0. The molecule has 3 amide bonds. The number of anilines is 2. The first-order valence-corrected chi connectivity index (χ1v) is 12.4. The van der Waals surface area contributed by atoms with Gasteiger partial charge in [-0.1, -0.05) is 12.1 Å². The van der Waals surface area contributed by atoms with E-state index >= 15 is 0 Å². The minimum Gasteiger partial charge on any atom is -0.483 e. The van der Waals surface area contributed by atoms with Crippen LogP contribution in [0.15, 0.2) is 47.4 Å². The van der Waals surface area contributed by atoms with Crippen LogP contribution in [0.4, 0.5) is 11.4 Å². The maximum Gasteiger partial charge on any atom is 0.265 e. The maximum atomic E-state index is 13.1. The fourth-order valence-corrected chi connectivity index (χ4v) is 5.79. The highest BCUT2D eigenvalue weighted by molar-refractivity contribution is 7.89. The number of rotatable bonds is 6. The first-order chi connectivity index (χ1) is 16.2. The zero-order valence-corrected chi connectivity index (χ0v) is 19.5. The van der Waals surface area contributed by atoms with Crippen molar-refractivity contribution in [2.45, 2.75) is 37.1 Å². The predicted octanol–water partition coefficient (Wildman–Crippen LogP) is 1.71. The van der Waals surface area contributed by atoms with Crippen molar-refractivity contribution in [3.63, 3.8) is 0 Å². The summed E-state index contributed by atoms with van der Waals surface area (Å²) in [7, 11) is -3.75. The average Bonchev–Trinajstić information content (AvgIpc) is 3.30. The van der Waals surface area contributed by atoms with E-state index in [4.69, 9.17) is 10.5 Å². The van der Waals surface area contributed by atoms with Crippen molar-refractivity contribution >= 4 is 39.1 Å². The first kappa shape index (κ1) is 23.7. The lowest BCUT2D eigenvalue weighted by molar-refractivity contribution is -0.121. The standard InChI is InChI=1S/C23H26N4O6S/c1-15-12-21(28)25-18-6-2-3-7-19(18)27(15)22(29)14-33-20-9-8-16(13-17(20)23(24)30)34(31,32)26-10-4-5-11-26/h2-3,6-9,13,15H,4-5,10-12,14H2,1H3,(H2,24,30)(H,25,28)/t15-/m1/s1. The number of carbonyl (C=O) groups excluding carboxylic acids is 3. The van der Waals surface area contributed by atoms with Crippen molar-refractivity contribution in [1.82, 2.24) is 4.31 Å². The SMILES string of the molecule is C[C@@H]1CC(=O)Nc2ccccc2N1C(=O)COc1ccc(S(=O)(=O)N2CCCC2)cc1C(N)=O. The molecule has 10 nitrogen and oxygen atoms in total. The zero-order valence-electron chi connectivity index (χ0n) is 18.7. The third-order valence-electron chi connectivity index (χ3n) is 5.90. The van der Waals surface area contributed by atoms with Gasteiger partial charge in [0.15, 0.2) is 6.61 Å². The van der Waals surface area contributed by atoms with Crippen molar-refractivity contribution in [2.24, 2.45) is 5.73 Å². The third kappa shape index (κ3) is 4.62. The number of sulfonamides is 1. The lowest BCUT2D eigenvalue weighted by atomic mass is 10.1. The van der Waals surface area contributed by atoms with Crippen LogP contribution in [-0.2, 0) is 19.6 Å². The Hall–Kier alpha value is -3.44. The van der Waals surface area contributed by atoms with Crippen LogP contribution >= 0.6 is 0 Å². The lowest BCUT2D eigenvalue weighted by Gasteiger charge is -2.28. The number of para-hydroxylation sites is 2. The molecule has 2 aliphatic heterocycles. The number of amides is 3. The molecule has 0 aliphatic carbocycles. The van der Waals surface area contributed by atoms with E-state index in [2.05, 4.69) is 5.32 Å². The molecule has 0 aromatic heterocycles. The summed E-state index contributed by atoms with van der Waals surface area (Å²) in [5.74, 6) is -1.50. The molecule has 0 unspecified atom stereocenters. The van der Waals surface area contributed by atoms with Crippen molar-refractivity contribution in [2.75, 3.05) is 29.9 Å². The summed E-state index contributed by atoms with van der Waals surface area (Å²) in [4.78, 5) is 38.8. The van der Waals surface area contributed by atoms with Gasteiger partial charge in [0.1, 0.15) is 5.75 Å². The van der Waals surface area contributed by atoms with Crippen LogP contribution in [0.1, 0.15) is 36.5 Å². The van der Waals surface area contributed by atoms with Gasteiger partial charge in [-0.3, -0.25) is 14.4 Å². The smallest absolute Gasteiger partial charge is 0.265 e. The molecule has 2 aliphatic rings. The van der Waals surface area contributed by atoms with Gasteiger partial charge in [-0.15, -0.1) is 0 Å².